The molecule has 0 fully saturated rings. The van der Waals surface area contributed by atoms with Crippen molar-refractivity contribution in [3.05, 3.63) is 70.2 Å². The van der Waals surface area contributed by atoms with Crippen molar-refractivity contribution in [3.8, 4) is 0 Å². The van der Waals surface area contributed by atoms with E-state index >= 15 is 0 Å². The lowest BCUT2D eigenvalue weighted by atomic mass is 10.2. The fourth-order valence-electron chi connectivity index (χ4n) is 1.99. The molecular formula is C17H20BrN3O2S. The summed E-state index contributed by atoms with van der Waals surface area (Å²) in [6.07, 6.45) is 0. The molecule has 7 heteroatoms. The molecule has 0 unspecified atom stereocenters. The van der Waals surface area contributed by atoms with Gasteiger partial charge in [0.25, 0.3) is 0 Å². The summed E-state index contributed by atoms with van der Waals surface area (Å²) in [5.41, 5.74) is 1.95. The molecule has 0 saturated carbocycles. The Hall–Kier alpha value is -1.54. The summed E-state index contributed by atoms with van der Waals surface area (Å²) in [5.74, 6) is 6.54. The van der Waals surface area contributed by atoms with Gasteiger partial charge in [-0.3, -0.25) is 4.31 Å². The third-order valence-corrected chi connectivity index (χ3v) is 4.80. The van der Waals surface area contributed by atoms with Gasteiger partial charge < -0.3 is 0 Å². The van der Waals surface area contributed by atoms with E-state index in [1.807, 2.05) is 61.5 Å². The van der Waals surface area contributed by atoms with Gasteiger partial charge in [-0.1, -0.05) is 71.4 Å². The summed E-state index contributed by atoms with van der Waals surface area (Å²) in [4.78, 5) is 17.9. The number of hydroxylamine groups is 1. The highest BCUT2D eigenvalue weighted by Crippen LogP contribution is 2.22. The zero-order chi connectivity index (χ0) is 17.4. The van der Waals surface area contributed by atoms with Crippen LogP contribution in [0, 0.1) is 0 Å². The van der Waals surface area contributed by atoms with Gasteiger partial charge in [0.2, 0.25) is 0 Å². The molecule has 24 heavy (non-hydrogen) atoms. The third kappa shape index (κ3) is 5.52. The molecule has 0 aliphatic heterocycles. The second-order valence-electron chi connectivity index (χ2n) is 4.91. The number of hydrogen-bond donors (Lipinski definition) is 1. The van der Waals surface area contributed by atoms with Gasteiger partial charge in [0, 0.05) is 10.2 Å². The van der Waals surface area contributed by atoms with E-state index in [0.29, 0.717) is 6.54 Å². The number of rotatable bonds is 7. The van der Waals surface area contributed by atoms with Crippen molar-refractivity contribution in [2.75, 3.05) is 5.75 Å². The van der Waals surface area contributed by atoms with Crippen LogP contribution in [-0.2, 0) is 18.0 Å². The van der Waals surface area contributed by atoms with Crippen LogP contribution in [0.1, 0.15) is 18.1 Å². The fraction of sp³-hybridized carbons (Fsp3) is 0.235. The molecule has 0 aromatic heterocycles. The predicted octanol–water partition coefficient (Wildman–Crippen LogP) is 4.35. The first-order valence-electron chi connectivity index (χ1n) is 7.51. The van der Waals surface area contributed by atoms with E-state index in [1.54, 1.807) is 4.31 Å². The number of benzene rings is 2. The maximum atomic E-state index is 12.5. The standard InChI is InChI=1S/C17H20BrN3O2S/c1-2-24-20(12-15-10-6-7-11-16(15)18)17(22)21(19)23-13-14-8-4-3-5-9-14/h3-11H,2,12-13,19H2,1H3. The summed E-state index contributed by atoms with van der Waals surface area (Å²) in [6, 6.07) is 17.0. The molecule has 0 radical (unpaired) electrons. The average molecular weight is 410 g/mol. The van der Waals surface area contributed by atoms with Gasteiger partial charge in [-0.25, -0.2) is 15.5 Å². The number of amides is 2. The number of hydrogen-bond acceptors (Lipinski definition) is 4. The first-order valence-corrected chi connectivity index (χ1v) is 9.24. The van der Waals surface area contributed by atoms with Crippen LogP contribution >= 0.6 is 27.9 Å². The Balaban J connectivity index is 1.98. The Morgan fingerprint density at radius 3 is 2.50 bits per heavy atom. The van der Waals surface area contributed by atoms with Crippen molar-refractivity contribution >= 4 is 33.9 Å². The SMILES string of the molecule is CCSN(Cc1ccccc1Br)C(=O)N(N)OCc1ccccc1. The molecule has 0 aliphatic carbocycles. The number of carbonyl (C=O) groups excluding carboxylic acids is 1. The number of halogens is 1. The van der Waals surface area contributed by atoms with E-state index in [9.17, 15) is 4.79 Å². The summed E-state index contributed by atoms with van der Waals surface area (Å²) < 4.78 is 2.54. The average Bonchev–Trinajstić information content (AvgIpc) is 2.61. The van der Waals surface area contributed by atoms with Crippen molar-refractivity contribution in [2.45, 2.75) is 20.1 Å². The maximum absolute atomic E-state index is 12.5. The monoisotopic (exact) mass is 409 g/mol. The molecule has 0 atom stereocenters. The smallest absolute Gasteiger partial charge is 0.261 e. The number of urea groups is 1. The van der Waals surface area contributed by atoms with Crippen LogP contribution in [0.4, 0.5) is 4.79 Å². The third-order valence-electron chi connectivity index (χ3n) is 3.17. The van der Waals surface area contributed by atoms with E-state index in [2.05, 4.69) is 15.9 Å². The Kier molecular flexibility index (Phi) is 7.58. The topological polar surface area (TPSA) is 58.8 Å². The minimum Gasteiger partial charge on any atom is -0.261 e. The highest BCUT2D eigenvalue weighted by Gasteiger charge is 2.21. The molecule has 2 aromatic rings. The second-order valence-corrected chi connectivity index (χ2v) is 7.04. The Morgan fingerprint density at radius 1 is 1.17 bits per heavy atom. The normalized spacial score (nSPS) is 10.5. The van der Waals surface area contributed by atoms with Crippen LogP contribution in [0.3, 0.4) is 0 Å². The maximum Gasteiger partial charge on any atom is 0.369 e. The minimum atomic E-state index is -0.395. The lowest BCUT2D eigenvalue weighted by Gasteiger charge is -2.26. The van der Waals surface area contributed by atoms with Gasteiger partial charge in [-0.2, -0.15) is 0 Å². The molecule has 0 spiro atoms. The van der Waals surface area contributed by atoms with E-state index in [-0.39, 0.29) is 6.61 Å². The van der Waals surface area contributed by atoms with Gasteiger partial charge in [-0.15, -0.1) is 5.17 Å². The number of hydrazine groups is 1. The molecule has 128 valence electrons. The van der Waals surface area contributed by atoms with E-state index < -0.39 is 6.03 Å². The van der Waals surface area contributed by atoms with E-state index in [0.717, 1.165) is 26.5 Å². The Morgan fingerprint density at radius 2 is 1.83 bits per heavy atom. The molecule has 2 N–H and O–H groups in total. The quantitative estimate of drug-likeness (QED) is 0.319. The molecule has 5 nitrogen and oxygen atoms in total. The molecule has 0 bridgehead atoms. The van der Waals surface area contributed by atoms with E-state index in [4.69, 9.17) is 10.7 Å². The molecule has 2 aromatic carbocycles. The summed E-state index contributed by atoms with van der Waals surface area (Å²) in [7, 11) is 0. The van der Waals surface area contributed by atoms with Gasteiger partial charge in [-0.05, 0) is 29.1 Å². The van der Waals surface area contributed by atoms with Crippen LogP contribution in [0.25, 0.3) is 0 Å². The Labute approximate surface area is 154 Å². The summed E-state index contributed by atoms with van der Waals surface area (Å²) in [5, 5.41) is 0.798. The highest BCUT2D eigenvalue weighted by molar-refractivity contribution is 9.10. The number of nitrogens with two attached hydrogens (primary N) is 1. The van der Waals surface area contributed by atoms with Crippen molar-refractivity contribution in [1.29, 1.82) is 0 Å². The molecular weight excluding hydrogens is 390 g/mol. The highest BCUT2D eigenvalue weighted by atomic mass is 79.9. The van der Waals surface area contributed by atoms with Crippen LogP contribution < -0.4 is 5.84 Å². The van der Waals surface area contributed by atoms with Crippen molar-refractivity contribution < 1.29 is 9.63 Å². The van der Waals surface area contributed by atoms with E-state index in [1.165, 1.54) is 11.9 Å². The lowest BCUT2D eigenvalue weighted by molar-refractivity contribution is -0.134. The largest absolute Gasteiger partial charge is 0.369 e. The van der Waals surface area contributed by atoms with Gasteiger partial charge in [0.1, 0.15) is 6.61 Å². The molecule has 2 amide bonds. The van der Waals surface area contributed by atoms with Gasteiger partial charge in [0.05, 0.1) is 6.54 Å². The lowest BCUT2D eigenvalue weighted by Crippen LogP contribution is -2.44. The van der Waals surface area contributed by atoms with Gasteiger partial charge >= 0.3 is 6.03 Å². The summed E-state index contributed by atoms with van der Waals surface area (Å²) >= 11 is 4.90. The number of carbonyl (C=O) groups is 1. The first-order chi connectivity index (χ1) is 11.6. The minimum absolute atomic E-state index is 0.239. The predicted molar refractivity (Wildman–Crippen MR) is 100 cm³/mol. The molecule has 0 saturated heterocycles. The van der Waals surface area contributed by atoms with Crippen molar-refractivity contribution in [2.24, 2.45) is 5.84 Å². The Bertz CT molecular complexity index is 657. The van der Waals surface area contributed by atoms with Crippen molar-refractivity contribution in [1.82, 2.24) is 9.48 Å². The van der Waals surface area contributed by atoms with Crippen LogP contribution in [0.5, 0.6) is 0 Å². The van der Waals surface area contributed by atoms with Crippen molar-refractivity contribution in [3.63, 3.8) is 0 Å². The zero-order valence-corrected chi connectivity index (χ0v) is 15.8. The molecule has 0 aliphatic rings. The fourth-order valence-corrected chi connectivity index (χ4v) is 3.13. The summed E-state index contributed by atoms with van der Waals surface area (Å²) in [6.45, 7) is 2.65. The second kappa shape index (κ2) is 9.68. The first kappa shape index (κ1) is 18.8. The molecule has 2 rings (SSSR count). The van der Waals surface area contributed by atoms with Crippen LogP contribution in [0.15, 0.2) is 59.1 Å². The number of nitrogens with zero attached hydrogens (tertiary/aromatic N) is 2. The van der Waals surface area contributed by atoms with Crippen LogP contribution in [-0.4, -0.2) is 21.3 Å². The molecule has 0 heterocycles. The van der Waals surface area contributed by atoms with Crippen LogP contribution in [0.2, 0.25) is 0 Å². The zero-order valence-electron chi connectivity index (χ0n) is 13.4. The van der Waals surface area contributed by atoms with Gasteiger partial charge in [0.15, 0.2) is 0 Å².